The number of imidazole rings is 1. The Bertz CT molecular complexity index is 979. The molecule has 1 fully saturated rings. The Kier molecular flexibility index (Phi) is 6.89. The van der Waals surface area contributed by atoms with Gasteiger partial charge in [-0.3, -0.25) is 14.4 Å². The van der Waals surface area contributed by atoms with E-state index in [1.807, 2.05) is 12.3 Å². The van der Waals surface area contributed by atoms with Gasteiger partial charge >= 0.3 is 17.9 Å². The van der Waals surface area contributed by atoms with Crippen molar-refractivity contribution in [3.8, 4) is 0 Å². The zero-order chi connectivity index (χ0) is 22.0. The third-order valence-electron chi connectivity index (χ3n) is 4.45. The number of ether oxygens (including phenoxy) is 4. The molecule has 1 aromatic carbocycles. The van der Waals surface area contributed by atoms with Crippen molar-refractivity contribution in [2.24, 2.45) is 0 Å². The van der Waals surface area contributed by atoms with Crippen LogP contribution < -0.4 is 0 Å². The number of aromatic nitrogens is 2. The molecule has 2 heterocycles. The fourth-order valence-electron chi connectivity index (χ4n) is 3.35. The van der Waals surface area contributed by atoms with E-state index in [0.717, 1.165) is 4.90 Å². The van der Waals surface area contributed by atoms with Gasteiger partial charge in [0, 0.05) is 25.7 Å². The van der Waals surface area contributed by atoms with E-state index in [0.29, 0.717) is 16.1 Å². The van der Waals surface area contributed by atoms with E-state index < -0.39 is 42.4 Å². The minimum atomic E-state index is -1.08. The average molecular weight is 457 g/mol. The molecule has 1 aromatic heterocycles. The third-order valence-corrected chi connectivity index (χ3v) is 5.65. The Hall–Kier alpha value is -2.30. The highest BCUT2D eigenvalue weighted by atomic mass is 35.5. The molecule has 9 nitrogen and oxygen atoms in total. The predicted molar refractivity (Wildman–Crippen MR) is 108 cm³/mol. The van der Waals surface area contributed by atoms with Crippen molar-refractivity contribution in [1.82, 2.24) is 9.55 Å². The number of carbonyl (C=O) groups is 3. The minimum absolute atomic E-state index is 0.0732. The Morgan fingerprint density at radius 1 is 1.10 bits per heavy atom. The highest BCUT2D eigenvalue weighted by Gasteiger charge is 2.48. The molecule has 0 spiro atoms. The first kappa shape index (κ1) is 22.4. The van der Waals surface area contributed by atoms with E-state index in [1.54, 1.807) is 10.6 Å². The number of halogens is 1. The highest BCUT2D eigenvalue weighted by molar-refractivity contribution is 7.98. The summed E-state index contributed by atoms with van der Waals surface area (Å²) in [5.41, 5.74) is 1.31. The zero-order valence-electron chi connectivity index (χ0n) is 16.8. The molecule has 3 rings (SSSR count). The van der Waals surface area contributed by atoms with Crippen LogP contribution >= 0.6 is 23.4 Å². The second-order valence-corrected chi connectivity index (χ2v) is 7.90. The second-order valence-electron chi connectivity index (χ2n) is 6.65. The molecule has 0 radical (unpaired) electrons. The number of fused-ring (bicyclic) bond motifs is 1. The van der Waals surface area contributed by atoms with Gasteiger partial charge in [-0.15, -0.1) is 11.8 Å². The van der Waals surface area contributed by atoms with Crippen LogP contribution in [0.15, 0.2) is 23.4 Å². The lowest BCUT2D eigenvalue weighted by Gasteiger charge is -2.40. The number of thioether (sulfide) groups is 1. The monoisotopic (exact) mass is 456 g/mol. The van der Waals surface area contributed by atoms with Gasteiger partial charge in [0.1, 0.15) is 0 Å². The SMILES string of the molecule is CSc1cc2ncn([C@@H]3OC[C@@H](OC(C)=O)[C@@H](OC(C)=O)[C@H]3OC(C)=O)c2cc1Cl. The Morgan fingerprint density at radius 2 is 1.73 bits per heavy atom. The smallest absolute Gasteiger partial charge is 0.303 e. The molecule has 162 valence electrons. The molecule has 1 aliphatic heterocycles. The highest BCUT2D eigenvalue weighted by Crippen LogP contribution is 2.35. The van der Waals surface area contributed by atoms with Gasteiger partial charge in [0.05, 0.1) is 29.0 Å². The van der Waals surface area contributed by atoms with Gasteiger partial charge in [-0.1, -0.05) is 11.6 Å². The van der Waals surface area contributed by atoms with Crippen molar-refractivity contribution in [1.29, 1.82) is 0 Å². The molecule has 1 saturated heterocycles. The zero-order valence-corrected chi connectivity index (χ0v) is 18.4. The molecule has 2 aromatic rings. The van der Waals surface area contributed by atoms with E-state index in [-0.39, 0.29) is 6.61 Å². The Labute approximate surface area is 181 Å². The number of benzene rings is 1. The summed E-state index contributed by atoms with van der Waals surface area (Å²) in [5.74, 6) is -1.80. The lowest BCUT2D eigenvalue weighted by molar-refractivity contribution is -0.239. The predicted octanol–water partition coefficient (Wildman–Crippen LogP) is 2.74. The molecular formula is C19H21ClN2O7S. The maximum Gasteiger partial charge on any atom is 0.303 e. The molecule has 0 saturated carbocycles. The molecular weight excluding hydrogens is 436 g/mol. The van der Waals surface area contributed by atoms with Crippen LogP contribution in [0.3, 0.4) is 0 Å². The van der Waals surface area contributed by atoms with Crippen molar-refractivity contribution in [3.05, 3.63) is 23.5 Å². The summed E-state index contributed by atoms with van der Waals surface area (Å²) < 4.78 is 23.6. The first-order chi connectivity index (χ1) is 14.2. The summed E-state index contributed by atoms with van der Waals surface area (Å²) in [5, 5.41) is 0.533. The maximum atomic E-state index is 11.8. The van der Waals surface area contributed by atoms with E-state index in [2.05, 4.69) is 4.98 Å². The number of carbonyl (C=O) groups excluding carboxylic acids is 3. The van der Waals surface area contributed by atoms with Gasteiger partial charge in [-0.25, -0.2) is 4.98 Å². The minimum Gasteiger partial charge on any atom is -0.456 e. The fourth-order valence-corrected chi connectivity index (χ4v) is 4.22. The maximum absolute atomic E-state index is 11.8. The first-order valence-corrected chi connectivity index (χ1v) is 10.6. The van der Waals surface area contributed by atoms with Crippen LogP contribution in [0, 0.1) is 0 Å². The van der Waals surface area contributed by atoms with E-state index >= 15 is 0 Å². The molecule has 0 amide bonds. The van der Waals surface area contributed by atoms with Crippen LogP contribution in [-0.2, 0) is 33.3 Å². The van der Waals surface area contributed by atoms with Gasteiger partial charge < -0.3 is 23.5 Å². The number of rotatable bonds is 5. The van der Waals surface area contributed by atoms with Crippen LogP contribution in [0.4, 0.5) is 0 Å². The molecule has 30 heavy (non-hydrogen) atoms. The molecule has 0 bridgehead atoms. The van der Waals surface area contributed by atoms with Gasteiger partial charge in [0.2, 0.25) is 0 Å². The average Bonchev–Trinajstić information content (AvgIpc) is 3.05. The number of hydrogen-bond donors (Lipinski definition) is 0. The van der Waals surface area contributed by atoms with Gasteiger partial charge in [0.25, 0.3) is 0 Å². The van der Waals surface area contributed by atoms with Crippen molar-refractivity contribution >= 4 is 52.3 Å². The van der Waals surface area contributed by atoms with E-state index in [4.69, 9.17) is 30.5 Å². The first-order valence-electron chi connectivity index (χ1n) is 9.04. The summed E-state index contributed by atoms with van der Waals surface area (Å²) in [4.78, 5) is 40.3. The number of nitrogens with zero attached hydrogens (tertiary/aromatic N) is 2. The van der Waals surface area contributed by atoms with Crippen LogP contribution in [0.1, 0.15) is 27.0 Å². The van der Waals surface area contributed by atoms with Crippen molar-refractivity contribution in [3.63, 3.8) is 0 Å². The molecule has 11 heteroatoms. The molecule has 0 aliphatic carbocycles. The summed E-state index contributed by atoms with van der Waals surface area (Å²) in [6, 6.07) is 3.58. The Balaban J connectivity index is 2.05. The van der Waals surface area contributed by atoms with Crippen LogP contribution in [0.5, 0.6) is 0 Å². The van der Waals surface area contributed by atoms with Gasteiger partial charge in [0.15, 0.2) is 24.5 Å². The lowest BCUT2D eigenvalue weighted by Crippen LogP contribution is -2.55. The topological polar surface area (TPSA) is 106 Å². The van der Waals surface area contributed by atoms with Crippen LogP contribution in [0.25, 0.3) is 11.0 Å². The van der Waals surface area contributed by atoms with Crippen molar-refractivity contribution < 1.29 is 33.3 Å². The van der Waals surface area contributed by atoms with Crippen LogP contribution in [0.2, 0.25) is 5.02 Å². The van der Waals surface area contributed by atoms with Gasteiger partial charge in [-0.05, 0) is 18.4 Å². The summed E-state index contributed by atoms with van der Waals surface area (Å²) in [6.45, 7) is 3.60. The third kappa shape index (κ3) is 4.71. The quantitative estimate of drug-likeness (QED) is 0.381. The number of esters is 3. The number of hydrogen-bond acceptors (Lipinski definition) is 9. The molecule has 1 aliphatic rings. The van der Waals surface area contributed by atoms with E-state index in [1.165, 1.54) is 38.9 Å². The summed E-state index contributed by atoms with van der Waals surface area (Å²) >= 11 is 7.84. The Morgan fingerprint density at radius 3 is 2.33 bits per heavy atom. The normalized spacial score (nSPS) is 23.8. The van der Waals surface area contributed by atoms with E-state index in [9.17, 15) is 14.4 Å². The molecule has 0 unspecified atom stereocenters. The standard InChI is InChI=1S/C19H21ClN2O7S/c1-9(23)27-15-7-26-19(18(29-11(3)25)17(15)28-10(2)24)22-8-21-13-6-16(30-4)12(20)5-14(13)22/h5-6,8,15,17-19H,7H2,1-4H3/t15-,17-,18-,19-/m1/s1. The molecule has 4 atom stereocenters. The fraction of sp³-hybridized carbons (Fsp3) is 0.474. The largest absolute Gasteiger partial charge is 0.456 e. The van der Waals surface area contributed by atoms with Crippen molar-refractivity contribution in [2.45, 2.75) is 50.2 Å². The van der Waals surface area contributed by atoms with Gasteiger partial charge in [-0.2, -0.15) is 0 Å². The summed E-state index contributed by atoms with van der Waals surface area (Å²) in [6.07, 6.45) is -0.527. The second kappa shape index (κ2) is 9.23. The molecule has 0 N–H and O–H groups in total. The summed E-state index contributed by atoms with van der Waals surface area (Å²) in [7, 11) is 0. The lowest BCUT2D eigenvalue weighted by atomic mass is 10.0. The van der Waals surface area contributed by atoms with Crippen molar-refractivity contribution in [2.75, 3.05) is 12.9 Å². The van der Waals surface area contributed by atoms with Crippen LogP contribution in [-0.4, -0.2) is 58.6 Å².